The molecule has 118 valence electrons. The molecule has 1 aromatic rings. The van der Waals surface area contributed by atoms with E-state index in [1.165, 1.54) is 4.31 Å². The molecule has 0 saturated carbocycles. The van der Waals surface area contributed by atoms with Crippen molar-refractivity contribution in [2.75, 3.05) is 19.6 Å². The Morgan fingerprint density at radius 1 is 1.33 bits per heavy atom. The molecule has 1 saturated heterocycles. The van der Waals surface area contributed by atoms with Gasteiger partial charge in [0.2, 0.25) is 0 Å². The zero-order chi connectivity index (χ0) is 15.5. The van der Waals surface area contributed by atoms with Crippen LogP contribution >= 0.6 is 11.6 Å². The predicted molar refractivity (Wildman–Crippen MR) is 83.7 cm³/mol. The largest absolute Gasteiger partial charge is 0.373 e. The van der Waals surface area contributed by atoms with Crippen molar-refractivity contribution in [2.24, 2.45) is 0 Å². The van der Waals surface area contributed by atoms with Crippen LogP contribution in [0.1, 0.15) is 19.4 Å². The number of hydrogen-bond donors (Lipinski definition) is 1. The molecule has 2 atom stereocenters. The van der Waals surface area contributed by atoms with Crippen LogP contribution in [0.4, 0.5) is 0 Å². The SMILES string of the molecule is CC1CN(S(=O)(=O)NCCc2cccc(Cl)c2)CC(C)O1. The van der Waals surface area contributed by atoms with Gasteiger partial charge in [-0.3, -0.25) is 0 Å². The summed E-state index contributed by atoms with van der Waals surface area (Å²) in [7, 11) is -3.46. The molecule has 1 aliphatic rings. The van der Waals surface area contributed by atoms with Gasteiger partial charge in [0.1, 0.15) is 0 Å². The van der Waals surface area contributed by atoms with Crippen molar-refractivity contribution in [3.05, 3.63) is 34.9 Å². The Labute approximate surface area is 131 Å². The number of nitrogens with zero attached hydrogens (tertiary/aromatic N) is 1. The molecule has 5 nitrogen and oxygen atoms in total. The third-order valence-corrected chi connectivity index (χ3v) is 5.10. The Kier molecular flexibility index (Phi) is 5.62. The first-order chi connectivity index (χ1) is 9.87. The van der Waals surface area contributed by atoms with Gasteiger partial charge < -0.3 is 4.74 Å². The second-order valence-electron chi connectivity index (χ2n) is 5.35. The van der Waals surface area contributed by atoms with Gasteiger partial charge in [-0.1, -0.05) is 23.7 Å². The van der Waals surface area contributed by atoms with E-state index in [0.717, 1.165) is 5.56 Å². The van der Waals surface area contributed by atoms with E-state index >= 15 is 0 Å². The molecule has 0 bridgehead atoms. The summed E-state index contributed by atoms with van der Waals surface area (Å²) in [5.41, 5.74) is 1.01. The second kappa shape index (κ2) is 7.07. The highest BCUT2D eigenvalue weighted by Crippen LogP contribution is 2.14. The quantitative estimate of drug-likeness (QED) is 0.895. The lowest BCUT2D eigenvalue weighted by molar-refractivity contribution is -0.0443. The highest BCUT2D eigenvalue weighted by Gasteiger charge is 2.30. The standard InChI is InChI=1S/C14H21ClN2O3S/c1-11-9-17(10-12(2)20-11)21(18,19)16-7-6-13-4-3-5-14(15)8-13/h3-5,8,11-12,16H,6-7,9-10H2,1-2H3. The minimum absolute atomic E-state index is 0.0849. The number of nitrogens with one attached hydrogen (secondary N) is 1. The third-order valence-electron chi connectivity index (χ3n) is 3.31. The maximum Gasteiger partial charge on any atom is 0.279 e. The Bertz CT molecular complexity index is 569. The van der Waals surface area contributed by atoms with E-state index in [4.69, 9.17) is 16.3 Å². The molecule has 0 radical (unpaired) electrons. The van der Waals surface area contributed by atoms with Crippen LogP contribution in [0.3, 0.4) is 0 Å². The molecule has 1 N–H and O–H groups in total. The number of rotatable bonds is 5. The van der Waals surface area contributed by atoms with E-state index in [0.29, 0.717) is 31.1 Å². The van der Waals surface area contributed by atoms with Crippen LogP contribution in [0.2, 0.25) is 5.02 Å². The maximum atomic E-state index is 12.3. The average Bonchev–Trinajstić information content (AvgIpc) is 2.37. The smallest absolute Gasteiger partial charge is 0.279 e. The summed E-state index contributed by atoms with van der Waals surface area (Å²) in [5.74, 6) is 0. The topological polar surface area (TPSA) is 58.6 Å². The Balaban J connectivity index is 1.89. The van der Waals surface area contributed by atoms with Crippen LogP contribution in [-0.4, -0.2) is 44.6 Å². The van der Waals surface area contributed by atoms with Crippen molar-refractivity contribution in [2.45, 2.75) is 32.5 Å². The van der Waals surface area contributed by atoms with E-state index in [1.54, 1.807) is 6.07 Å². The highest BCUT2D eigenvalue weighted by molar-refractivity contribution is 7.87. The Hall–Kier alpha value is -0.660. The van der Waals surface area contributed by atoms with Crippen LogP contribution in [0, 0.1) is 0 Å². The van der Waals surface area contributed by atoms with Gasteiger partial charge >= 0.3 is 0 Å². The summed E-state index contributed by atoms with van der Waals surface area (Å²) in [6, 6.07) is 7.43. The number of benzene rings is 1. The summed E-state index contributed by atoms with van der Waals surface area (Å²) < 4.78 is 34.2. The summed E-state index contributed by atoms with van der Waals surface area (Å²) in [6.07, 6.45) is 0.436. The number of ether oxygens (including phenoxy) is 1. The van der Waals surface area contributed by atoms with E-state index in [1.807, 2.05) is 32.0 Å². The average molecular weight is 333 g/mol. The van der Waals surface area contributed by atoms with Crippen LogP contribution in [0.25, 0.3) is 0 Å². The van der Waals surface area contributed by atoms with Crippen molar-refractivity contribution in [1.82, 2.24) is 9.03 Å². The summed E-state index contributed by atoms with van der Waals surface area (Å²) in [5, 5.41) is 0.659. The van der Waals surface area contributed by atoms with Crippen LogP contribution in [0.15, 0.2) is 24.3 Å². The molecule has 1 fully saturated rings. The first-order valence-electron chi connectivity index (χ1n) is 7.01. The molecule has 0 aliphatic carbocycles. The summed E-state index contributed by atoms with van der Waals surface area (Å²) in [6.45, 7) is 4.88. The van der Waals surface area contributed by atoms with Crippen molar-refractivity contribution in [1.29, 1.82) is 0 Å². The number of halogens is 1. The number of hydrogen-bond acceptors (Lipinski definition) is 3. The fraction of sp³-hybridized carbons (Fsp3) is 0.571. The van der Waals surface area contributed by atoms with Gasteiger partial charge in [-0.15, -0.1) is 0 Å². The van der Waals surface area contributed by atoms with Crippen molar-refractivity contribution in [3.63, 3.8) is 0 Å². The molecule has 1 aromatic carbocycles. The predicted octanol–water partition coefficient (Wildman–Crippen LogP) is 1.83. The van der Waals surface area contributed by atoms with Gasteiger partial charge in [0, 0.05) is 24.7 Å². The lowest BCUT2D eigenvalue weighted by atomic mass is 10.2. The summed E-state index contributed by atoms with van der Waals surface area (Å²) in [4.78, 5) is 0. The monoisotopic (exact) mass is 332 g/mol. The fourth-order valence-electron chi connectivity index (χ4n) is 2.44. The van der Waals surface area contributed by atoms with Crippen molar-refractivity contribution >= 4 is 21.8 Å². The molecule has 0 spiro atoms. The van der Waals surface area contributed by atoms with Gasteiger partial charge in [-0.25, -0.2) is 4.72 Å². The van der Waals surface area contributed by atoms with E-state index in [9.17, 15) is 8.42 Å². The third kappa shape index (κ3) is 4.93. The lowest BCUT2D eigenvalue weighted by Crippen LogP contribution is -2.52. The van der Waals surface area contributed by atoms with Crippen molar-refractivity contribution < 1.29 is 13.2 Å². The lowest BCUT2D eigenvalue weighted by Gasteiger charge is -2.34. The molecule has 2 unspecified atom stereocenters. The molecular formula is C14H21ClN2O3S. The zero-order valence-electron chi connectivity index (χ0n) is 12.3. The van der Waals surface area contributed by atoms with E-state index in [-0.39, 0.29) is 12.2 Å². The zero-order valence-corrected chi connectivity index (χ0v) is 13.8. The van der Waals surface area contributed by atoms with Gasteiger partial charge in [-0.2, -0.15) is 12.7 Å². The second-order valence-corrected chi connectivity index (χ2v) is 7.55. The molecule has 7 heteroatoms. The fourth-order valence-corrected chi connectivity index (χ4v) is 4.00. The van der Waals surface area contributed by atoms with Gasteiger partial charge in [0.25, 0.3) is 10.2 Å². The molecule has 0 amide bonds. The Morgan fingerprint density at radius 3 is 2.62 bits per heavy atom. The van der Waals surface area contributed by atoms with Gasteiger partial charge in [-0.05, 0) is 38.0 Å². The minimum atomic E-state index is -3.46. The molecule has 21 heavy (non-hydrogen) atoms. The molecule has 1 aliphatic heterocycles. The highest BCUT2D eigenvalue weighted by atomic mass is 35.5. The van der Waals surface area contributed by atoms with Crippen molar-refractivity contribution in [3.8, 4) is 0 Å². The first-order valence-corrected chi connectivity index (χ1v) is 8.83. The van der Waals surface area contributed by atoms with Gasteiger partial charge in [0.05, 0.1) is 12.2 Å². The summed E-state index contributed by atoms with van der Waals surface area (Å²) >= 11 is 5.91. The molecule has 2 rings (SSSR count). The first kappa shape index (κ1) is 16.7. The van der Waals surface area contributed by atoms with Crippen LogP contribution in [-0.2, 0) is 21.4 Å². The molecule has 0 aromatic heterocycles. The maximum absolute atomic E-state index is 12.3. The molecular weight excluding hydrogens is 312 g/mol. The van der Waals surface area contributed by atoms with Crippen LogP contribution in [0.5, 0.6) is 0 Å². The molecule has 1 heterocycles. The normalized spacial score (nSPS) is 24.1. The Morgan fingerprint density at radius 2 is 2.00 bits per heavy atom. The van der Waals surface area contributed by atoms with Crippen LogP contribution < -0.4 is 4.72 Å². The van der Waals surface area contributed by atoms with E-state index in [2.05, 4.69) is 4.72 Å². The van der Waals surface area contributed by atoms with Gasteiger partial charge in [0.15, 0.2) is 0 Å². The van der Waals surface area contributed by atoms with E-state index < -0.39 is 10.2 Å². The minimum Gasteiger partial charge on any atom is -0.373 e. The number of morpholine rings is 1.